The summed E-state index contributed by atoms with van der Waals surface area (Å²) in [6.07, 6.45) is 7.27. The summed E-state index contributed by atoms with van der Waals surface area (Å²) in [6.45, 7) is 0. The van der Waals surface area contributed by atoms with E-state index in [0.29, 0.717) is 0 Å². The summed E-state index contributed by atoms with van der Waals surface area (Å²) < 4.78 is 0. The van der Waals surface area contributed by atoms with E-state index in [1.807, 2.05) is 11.6 Å². The molecule has 1 aliphatic carbocycles. The standard InChI is InChI=1S/C10H11NOS/c12-9-3-1-2-8(6-9)7-10-11-4-5-13-10/h4-6H,1-3,7H2. The molecule has 1 heterocycles. The van der Waals surface area contributed by atoms with Gasteiger partial charge in [0.25, 0.3) is 0 Å². The van der Waals surface area contributed by atoms with Crippen molar-refractivity contribution in [3.63, 3.8) is 0 Å². The lowest BCUT2D eigenvalue weighted by atomic mass is 9.97. The van der Waals surface area contributed by atoms with Gasteiger partial charge in [0.05, 0.1) is 5.01 Å². The fraction of sp³-hybridized carbons (Fsp3) is 0.400. The van der Waals surface area contributed by atoms with Crippen LogP contribution in [0.2, 0.25) is 0 Å². The van der Waals surface area contributed by atoms with Gasteiger partial charge in [0.1, 0.15) is 0 Å². The summed E-state index contributed by atoms with van der Waals surface area (Å²) in [5.74, 6) is 0.276. The van der Waals surface area contributed by atoms with Gasteiger partial charge in [-0.1, -0.05) is 5.57 Å². The van der Waals surface area contributed by atoms with E-state index >= 15 is 0 Å². The minimum Gasteiger partial charge on any atom is -0.295 e. The number of aromatic nitrogens is 1. The molecule has 0 aromatic carbocycles. The van der Waals surface area contributed by atoms with Gasteiger partial charge in [-0.05, 0) is 18.9 Å². The first-order valence-electron chi connectivity index (χ1n) is 4.45. The Bertz CT molecular complexity index is 327. The van der Waals surface area contributed by atoms with Crippen LogP contribution in [0.4, 0.5) is 0 Å². The molecule has 3 heteroatoms. The van der Waals surface area contributed by atoms with Crippen molar-refractivity contribution in [2.24, 2.45) is 0 Å². The van der Waals surface area contributed by atoms with Gasteiger partial charge >= 0.3 is 0 Å². The van der Waals surface area contributed by atoms with Crippen molar-refractivity contribution in [3.8, 4) is 0 Å². The summed E-state index contributed by atoms with van der Waals surface area (Å²) in [6, 6.07) is 0. The molecule has 0 fully saturated rings. The molecule has 0 radical (unpaired) electrons. The van der Waals surface area contributed by atoms with Crippen molar-refractivity contribution < 1.29 is 4.79 Å². The molecule has 0 amide bonds. The Morgan fingerprint density at radius 1 is 1.46 bits per heavy atom. The smallest absolute Gasteiger partial charge is 0.155 e. The number of carbonyl (C=O) groups is 1. The van der Waals surface area contributed by atoms with E-state index in [9.17, 15) is 4.79 Å². The third kappa shape index (κ3) is 2.25. The Morgan fingerprint density at radius 2 is 2.38 bits per heavy atom. The lowest BCUT2D eigenvalue weighted by Gasteiger charge is -2.09. The first kappa shape index (κ1) is 8.63. The Balaban J connectivity index is 2.06. The minimum absolute atomic E-state index is 0.276. The maximum absolute atomic E-state index is 11.1. The molecule has 1 aromatic heterocycles. The molecule has 0 bridgehead atoms. The zero-order chi connectivity index (χ0) is 9.10. The molecular formula is C10H11NOS. The monoisotopic (exact) mass is 193 g/mol. The predicted octanol–water partition coefficient (Wildman–Crippen LogP) is 2.37. The average Bonchev–Trinajstić information content (AvgIpc) is 2.57. The van der Waals surface area contributed by atoms with E-state index in [1.165, 1.54) is 5.57 Å². The third-order valence-corrected chi connectivity index (χ3v) is 2.93. The van der Waals surface area contributed by atoms with Crippen molar-refractivity contribution in [2.45, 2.75) is 25.7 Å². The molecule has 2 rings (SSSR count). The van der Waals surface area contributed by atoms with Gasteiger partial charge < -0.3 is 0 Å². The van der Waals surface area contributed by atoms with Crippen molar-refractivity contribution in [1.29, 1.82) is 0 Å². The number of ketones is 1. The van der Waals surface area contributed by atoms with Gasteiger partial charge in [-0.3, -0.25) is 4.79 Å². The number of carbonyl (C=O) groups excluding carboxylic acids is 1. The molecule has 68 valence electrons. The molecule has 0 saturated heterocycles. The first-order chi connectivity index (χ1) is 6.34. The summed E-state index contributed by atoms with van der Waals surface area (Å²) in [7, 11) is 0. The van der Waals surface area contributed by atoms with Crippen LogP contribution < -0.4 is 0 Å². The van der Waals surface area contributed by atoms with Crippen LogP contribution in [-0.4, -0.2) is 10.8 Å². The number of nitrogens with zero attached hydrogens (tertiary/aromatic N) is 1. The van der Waals surface area contributed by atoms with Crippen LogP contribution in [0, 0.1) is 0 Å². The molecule has 1 aromatic rings. The van der Waals surface area contributed by atoms with Gasteiger partial charge in [0, 0.05) is 24.4 Å². The summed E-state index contributed by atoms with van der Waals surface area (Å²) in [5, 5.41) is 3.08. The first-order valence-corrected chi connectivity index (χ1v) is 5.33. The molecule has 0 saturated carbocycles. The van der Waals surface area contributed by atoms with Crippen LogP contribution in [0.15, 0.2) is 23.2 Å². The lowest BCUT2D eigenvalue weighted by Crippen LogP contribution is -2.04. The van der Waals surface area contributed by atoms with Crippen molar-refractivity contribution in [2.75, 3.05) is 0 Å². The number of hydrogen-bond donors (Lipinski definition) is 0. The van der Waals surface area contributed by atoms with E-state index in [0.717, 1.165) is 30.7 Å². The van der Waals surface area contributed by atoms with E-state index in [2.05, 4.69) is 4.98 Å². The van der Waals surface area contributed by atoms with Crippen LogP contribution in [-0.2, 0) is 11.2 Å². The second-order valence-corrected chi connectivity index (χ2v) is 4.20. The molecule has 2 nitrogen and oxygen atoms in total. The highest BCUT2D eigenvalue weighted by atomic mass is 32.1. The van der Waals surface area contributed by atoms with Crippen molar-refractivity contribution in [3.05, 3.63) is 28.2 Å². The molecule has 1 aliphatic rings. The van der Waals surface area contributed by atoms with E-state index in [4.69, 9.17) is 0 Å². The highest BCUT2D eigenvalue weighted by Crippen LogP contribution is 2.20. The highest BCUT2D eigenvalue weighted by Gasteiger charge is 2.10. The summed E-state index contributed by atoms with van der Waals surface area (Å²) in [4.78, 5) is 15.3. The Morgan fingerprint density at radius 3 is 3.08 bits per heavy atom. The maximum atomic E-state index is 11.1. The Kier molecular flexibility index (Phi) is 2.54. The molecule has 0 atom stereocenters. The van der Waals surface area contributed by atoms with Gasteiger partial charge in [-0.2, -0.15) is 0 Å². The second kappa shape index (κ2) is 3.83. The quantitative estimate of drug-likeness (QED) is 0.721. The van der Waals surface area contributed by atoms with E-state index in [1.54, 1.807) is 17.4 Å². The van der Waals surface area contributed by atoms with Crippen LogP contribution in [0.3, 0.4) is 0 Å². The van der Waals surface area contributed by atoms with E-state index < -0.39 is 0 Å². The maximum Gasteiger partial charge on any atom is 0.155 e. The van der Waals surface area contributed by atoms with Gasteiger partial charge in [0.15, 0.2) is 5.78 Å². The molecule has 0 N–H and O–H groups in total. The highest BCUT2D eigenvalue weighted by molar-refractivity contribution is 7.09. The second-order valence-electron chi connectivity index (χ2n) is 3.23. The van der Waals surface area contributed by atoms with E-state index in [-0.39, 0.29) is 5.78 Å². The molecule has 0 aliphatic heterocycles. The topological polar surface area (TPSA) is 30.0 Å². The molecule has 13 heavy (non-hydrogen) atoms. The van der Waals surface area contributed by atoms with Crippen LogP contribution in [0.5, 0.6) is 0 Å². The Hall–Kier alpha value is -0.960. The number of rotatable bonds is 2. The zero-order valence-electron chi connectivity index (χ0n) is 7.32. The van der Waals surface area contributed by atoms with Gasteiger partial charge in [-0.25, -0.2) is 4.98 Å². The lowest BCUT2D eigenvalue weighted by molar-refractivity contribution is -0.115. The van der Waals surface area contributed by atoms with Crippen LogP contribution >= 0.6 is 11.3 Å². The van der Waals surface area contributed by atoms with Crippen molar-refractivity contribution >= 4 is 17.1 Å². The fourth-order valence-electron chi connectivity index (χ4n) is 1.54. The van der Waals surface area contributed by atoms with Gasteiger partial charge in [0.2, 0.25) is 0 Å². The third-order valence-electron chi connectivity index (χ3n) is 2.15. The summed E-state index contributed by atoms with van der Waals surface area (Å²) in [5.41, 5.74) is 1.24. The number of thiazole rings is 1. The molecular weight excluding hydrogens is 182 g/mol. The SMILES string of the molecule is O=C1C=C(Cc2nccs2)CCC1. The minimum atomic E-state index is 0.276. The zero-order valence-corrected chi connectivity index (χ0v) is 8.14. The van der Waals surface area contributed by atoms with Crippen LogP contribution in [0.25, 0.3) is 0 Å². The molecule has 0 unspecified atom stereocenters. The van der Waals surface area contributed by atoms with Crippen molar-refractivity contribution in [1.82, 2.24) is 4.98 Å². The largest absolute Gasteiger partial charge is 0.295 e. The number of hydrogen-bond acceptors (Lipinski definition) is 3. The normalized spacial score (nSPS) is 17.2. The van der Waals surface area contributed by atoms with Crippen LogP contribution in [0.1, 0.15) is 24.3 Å². The average molecular weight is 193 g/mol. The fourth-order valence-corrected chi connectivity index (χ4v) is 2.20. The molecule has 0 spiro atoms. The summed E-state index contributed by atoms with van der Waals surface area (Å²) >= 11 is 1.65. The Labute approximate surface area is 81.3 Å². The van der Waals surface area contributed by atoms with Gasteiger partial charge in [-0.15, -0.1) is 11.3 Å². The number of allylic oxidation sites excluding steroid dienone is 2. The predicted molar refractivity (Wildman–Crippen MR) is 52.8 cm³/mol.